The van der Waals surface area contributed by atoms with Crippen molar-refractivity contribution in [2.75, 3.05) is 19.6 Å². The van der Waals surface area contributed by atoms with Crippen molar-refractivity contribution in [3.63, 3.8) is 0 Å². The highest BCUT2D eigenvalue weighted by Crippen LogP contribution is 2.65. The van der Waals surface area contributed by atoms with Gasteiger partial charge in [-0.3, -0.25) is 29.5 Å². The van der Waals surface area contributed by atoms with Crippen LogP contribution in [0.1, 0.15) is 35.4 Å². The van der Waals surface area contributed by atoms with Gasteiger partial charge in [0.25, 0.3) is 11.8 Å². The summed E-state index contributed by atoms with van der Waals surface area (Å²) in [4.78, 5) is 61.4. The predicted molar refractivity (Wildman–Crippen MR) is 169 cm³/mol. The van der Waals surface area contributed by atoms with Crippen LogP contribution in [0.2, 0.25) is 10.0 Å². The summed E-state index contributed by atoms with van der Waals surface area (Å²) < 4.78 is 45.8. The number of halogens is 5. The lowest BCUT2D eigenvalue weighted by Crippen LogP contribution is -2.53. The quantitative estimate of drug-likeness (QED) is 0.253. The molecule has 2 N–H and O–H groups in total. The van der Waals surface area contributed by atoms with Gasteiger partial charge in [0.1, 0.15) is 11.5 Å². The summed E-state index contributed by atoms with van der Waals surface area (Å²) in [5, 5.41) is 12.0. The number of allylic oxidation sites excluding steroid dienone is 2. The second-order valence-corrected chi connectivity index (χ2v) is 13.4. The van der Waals surface area contributed by atoms with Gasteiger partial charge in [0, 0.05) is 29.7 Å². The minimum Gasteiger partial charge on any atom is -0.508 e. The van der Waals surface area contributed by atoms with Crippen LogP contribution in [0.5, 0.6) is 11.5 Å². The molecule has 10 nitrogen and oxygen atoms in total. The Bertz CT molecular complexity index is 1970. The van der Waals surface area contributed by atoms with Crippen LogP contribution in [-0.2, 0) is 30.8 Å². The zero-order valence-corrected chi connectivity index (χ0v) is 27.3. The lowest BCUT2D eigenvalue weighted by molar-refractivity contribution is -0.140. The molecule has 2 aromatic carbocycles. The van der Waals surface area contributed by atoms with E-state index in [-0.39, 0.29) is 41.6 Å². The minimum atomic E-state index is -4.75. The number of carbonyl (C=O) groups excluding carboxylic acids is 4. The number of fused-ring (bicyclic) bond motifs is 4. The summed E-state index contributed by atoms with van der Waals surface area (Å²) in [5.74, 6) is -7.35. The van der Waals surface area contributed by atoms with E-state index in [1.54, 1.807) is 36.4 Å². The molecule has 15 heteroatoms. The topological polar surface area (TPSA) is 129 Å². The molecule has 7 rings (SSSR count). The van der Waals surface area contributed by atoms with E-state index >= 15 is 4.79 Å². The molecule has 4 amide bonds. The van der Waals surface area contributed by atoms with Gasteiger partial charge in [0.05, 0.1) is 40.9 Å². The first-order valence-corrected chi connectivity index (χ1v) is 16.0. The van der Waals surface area contributed by atoms with Crippen molar-refractivity contribution in [3.8, 4) is 11.5 Å². The first kappa shape index (κ1) is 32.9. The monoisotopic (exact) mass is 714 g/mol. The second kappa shape index (κ2) is 11.5. The van der Waals surface area contributed by atoms with E-state index in [4.69, 9.17) is 27.9 Å². The molecule has 2 aliphatic carbocycles. The first-order chi connectivity index (χ1) is 23.2. The third-order valence-electron chi connectivity index (χ3n) is 10.3. The number of methoxy groups -OCH3 is 1. The number of nitrogens with zero attached hydrogens (tertiary/aromatic N) is 3. The smallest absolute Gasteiger partial charge is 0.417 e. The molecule has 0 bridgehead atoms. The maximum absolute atomic E-state index is 15.1. The van der Waals surface area contributed by atoms with Crippen molar-refractivity contribution in [2.24, 2.45) is 23.7 Å². The van der Waals surface area contributed by atoms with Gasteiger partial charge in [0.2, 0.25) is 11.8 Å². The van der Waals surface area contributed by atoms with Gasteiger partial charge in [-0.1, -0.05) is 53.1 Å². The lowest BCUT2D eigenvalue weighted by atomic mass is 9.49. The number of rotatable bonds is 5. The zero-order valence-electron chi connectivity index (χ0n) is 25.8. The van der Waals surface area contributed by atoms with E-state index in [2.05, 4.69) is 10.4 Å². The molecule has 2 aliphatic heterocycles. The van der Waals surface area contributed by atoms with Crippen LogP contribution >= 0.6 is 23.2 Å². The fourth-order valence-corrected chi connectivity index (χ4v) is 8.59. The first-order valence-electron chi connectivity index (χ1n) is 15.2. The molecular weight excluding hydrogens is 688 g/mol. The standard InChI is InChI=1S/C34H27Cl2F3N4O6/c1-42-29(45)19-11-10-18-20(25(19)31(42)47)13-21-30(46)43(41-28-22(36)12-16(14-40-28)34(37,38)39)32(48)33(21,15-6-8-17(35)9-7-15)27(18)26-23(44)4-3-5-24(26)49-2/h3-10,12,14,19-21,25,27,44H,11,13H2,1-2H3,(H,40,41)/t19-,20+,21-,25-,27+,33+/m0/s1. The number of hydrogen-bond donors (Lipinski definition) is 2. The van der Waals surface area contributed by atoms with Crippen LogP contribution < -0.4 is 10.2 Å². The summed E-state index contributed by atoms with van der Waals surface area (Å²) in [6, 6.07) is 11.5. The Morgan fingerprint density at radius 1 is 1.02 bits per heavy atom. The number of pyridine rings is 1. The number of imide groups is 2. The number of benzene rings is 2. The molecule has 0 unspecified atom stereocenters. The number of aromatic hydroxyl groups is 1. The molecule has 6 atom stereocenters. The van der Waals surface area contributed by atoms with Crippen LogP contribution in [0, 0.1) is 23.7 Å². The largest absolute Gasteiger partial charge is 0.508 e. The molecule has 3 aromatic rings. The van der Waals surface area contributed by atoms with Gasteiger partial charge in [0.15, 0.2) is 5.82 Å². The van der Waals surface area contributed by atoms with Crippen LogP contribution in [0.15, 0.2) is 66.4 Å². The van der Waals surface area contributed by atoms with Crippen molar-refractivity contribution in [1.29, 1.82) is 0 Å². The summed E-state index contributed by atoms with van der Waals surface area (Å²) in [7, 11) is 2.79. The molecule has 4 aliphatic rings. The normalized spacial score (nSPS) is 27.9. The third-order valence-corrected chi connectivity index (χ3v) is 10.9. The number of phenolic OH excluding ortho intramolecular Hbond substituents is 1. The number of carbonyl (C=O) groups is 4. The highest BCUT2D eigenvalue weighted by molar-refractivity contribution is 6.33. The number of hydrazine groups is 1. The Morgan fingerprint density at radius 3 is 2.39 bits per heavy atom. The van der Waals surface area contributed by atoms with Gasteiger partial charge in [-0.05, 0) is 54.7 Å². The van der Waals surface area contributed by atoms with E-state index in [1.165, 1.54) is 20.2 Å². The summed E-state index contributed by atoms with van der Waals surface area (Å²) in [6.45, 7) is 0. The maximum atomic E-state index is 15.1. The van der Waals surface area contributed by atoms with Crippen molar-refractivity contribution >= 4 is 52.6 Å². The average molecular weight is 716 g/mol. The number of aromatic nitrogens is 1. The molecule has 254 valence electrons. The van der Waals surface area contributed by atoms with E-state index in [0.717, 1.165) is 4.90 Å². The zero-order chi connectivity index (χ0) is 35.2. The summed E-state index contributed by atoms with van der Waals surface area (Å²) >= 11 is 12.5. The van der Waals surface area contributed by atoms with Gasteiger partial charge < -0.3 is 9.84 Å². The number of alkyl halides is 3. The number of anilines is 1. The summed E-state index contributed by atoms with van der Waals surface area (Å²) in [6.07, 6.45) is -2.29. The Morgan fingerprint density at radius 2 is 1.73 bits per heavy atom. The van der Waals surface area contributed by atoms with Crippen molar-refractivity contribution in [1.82, 2.24) is 14.9 Å². The SMILES string of the molecule is COc1cccc(O)c1[C@H]1C2=CC[C@@H]3C(=O)N(C)C(=O)[C@@H]3[C@@H]2C[C@H]2C(=O)N(Nc3ncc(C(F)(F)F)cc3Cl)C(=O)[C@@]12c1ccc(Cl)cc1. The fraction of sp³-hybridized carbons (Fsp3) is 0.324. The Kier molecular flexibility index (Phi) is 7.71. The molecule has 3 heterocycles. The van der Waals surface area contributed by atoms with Gasteiger partial charge in [-0.2, -0.15) is 18.2 Å². The van der Waals surface area contributed by atoms with Gasteiger partial charge in [-0.15, -0.1) is 0 Å². The van der Waals surface area contributed by atoms with Crippen molar-refractivity contribution in [3.05, 3.63) is 93.1 Å². The number of ether oxygens (including phenoxy) is 1. The highest BCUT2D eigenvalue weighted by atomic mass is 35.5. The molecule has 3 fully saturated rings. The van der Waals surface area contributed by atoms with Crippen LogP contribution in [-0.4, -0.2) is 57.8 Å². The number of hydrogen-bond acceptors (Lipinski definition) is 8. The molecule has 0 radical (unpaired) electrons. The Labute approximate surface area is 287 Å². The van der Waals surface area contributed by atoms with Crippen LogP contribution in [0.25, 0.3) is 0 Å². The number of nitrogens with one attached hydrogen (secondary N) is 1. The van der Waals surface area contributed by atoms with Gasteiger partial charge >= 0.3 is 6.18 Å². The average Bonchev–Trinajstić information content (AvgIpc) is 3.42. The minimum absolute atomic E-state index is 0.0498. The Hall–Kier alpha value is -4.62. The van der Waals surface area contributed by atoms with E-state index in [0.29, 0.717) is 33.4 Å². The molecule has 1 saturated carbocycles. The van der Waals surface area contributed by atoms with E-state index in [9.17, 15) is 32.7 Å². The number of amides is 4. The number of likely N-dealkylation sites (tertiary alicyclic amines) is 1. The fourth-order valence-electron chi connectivity index (χ4n) is 8.25. The molecular formula is C34H27Cl2F3N4O6. The number of phenols is 1. The molecule has 49 heavy (non-hydrogen) atoms. The second-order valence-electron chi connectivity index (χ2n) is 12.5. The van der Waals surface area contributed by atoms with Crippen LogP contribution in [0.4, 0.5) is 19.0 Å². The Balaban J connectivity index is 1.47. The van der Waals surface area contributed by atoms with Crippen LogP contribution in [0.3, 0.4) is 0 Å². The third kappa shape index (κ3) is 4.73. The molecule has 1 aromatic heterocycles. The van der Waals surface area contributed by atoms with Crippen molar-refractivity contribution < 1.29 is 42.2 Å². The predicted octanol–water partition coefficient (Wildman–Crippen LogP) is 5.74. The highest BCUT2D eigenvalue weighted by Gasteiger charge is 2.71. The lowest BCUT2D eigenvalue weighted by Gasteiger charge is -2.50. The maximum Gasteiger partial charge on any atom is 0.417 e. The molecule has 2 saturated heterocycles. The molecule has 0 spiro atoms. The van der Waals surface area contributed by atoms with E-state index in [1.807, 2.05) is 6.08 Å². The van der Waals surface area contributed by atoms with Gasteiger partial charge in [-0.25, -0.2) is 4.98 Å². The van der Waals surface area contributed by atoms with E-state index < -0.39 is 69.5 Å². The summed E-state index contributed by atoms with van der Waals surface area (Å²) in [5.41, 5.74) is 0.716. The van der Waals surface area contributed by atoms with Crippen molar-refractivity contribution in [2.45, 2.75) is 30.4 Å².